The Hall–Kier alpha value is -2.04. The highest BCUT2D eigenvalue weighted by Crippen LogP contribution is 2.11. The SMILES string of the molecule is O=C(Cn1c(=O)[nH]c2ccccc21)N1CCCC1. The predicted octanol–water partition coefficient (Wildman–Crippen LogP) is 0.952. The Kier molecular flexibility index (Phi) is 2.66. The number of fused-ring (bicyclic) bond motifs is 1. The smallest absolute Gasteiger partial charge is 0.326 e. The van der Waals surface area contributed by atoms with Crippen molar-refractivity contribution in [1.29, 1.82) is 0 Å². The van der Waals surface area contributed by atoms with Crippen LogP contribution in [0, 0.1) is 0 Å². The standard InChI is InChI=1S/C13H15N3O2/c17-12(15-7-3-4-8-15)9-16-11-6-2-1-5-10(11)14-13(16)18/h1-2,5-6H,3-4,7-9H2,(H,14,18). The maximum absolute atomic E-state index is 12.1. The van der Waals surface area contributed by atoms with Gasteiger partial charge in [-0.15, -0.1) is 0 Å². The first-order valence-electron chi connectivity index (χ1n) is 6.21. The van der Waals surface area contributed by atoms with E-state index in [1.165, 1.54) is 4.57 Å². The lowest BCUT2D eigenvalue weighted by atomic mass is 10.3. The lowest BCUT2D eigenvalue weighted by Crippen LogP contribution is -2.33. The van der Waals surface area contributed by atoms with Crippen LogP contribution in [-0.2, 0) is 11.3 Å². The third-order valence-corrected chi connectivity index (χ3v) is 3.43. The summed E-state index contributed by atoms with van der Waals surface area (Å²) >= 11 is 0. The molecule has 1 aliphatic heterocycles. The zero-order valence-corrected chi connectivity index (χ0v) is 10.1. The van der Waals surface area contributed by atoms with Crippen molar-refractivity contribution in [1.82, 2.24) is 14.5 Å². The number of hydrogen-bond acceptors (Lipinski definition) is 2. The van der Waals surface area contributed by atoms with E-state index in [0.717, 1.165) is 37.0 Å². The topological polar surface area (TPSA) is 58.1 Å². The van der Waals surface area contributed by atoms with Crippen molar-refractivity contribution < 1.29 is 4.79 Å². The van der Waals surface area contributed by atoms with Crippen molar-refractivity contribution >= 4 is 16.9 Å². The van der Waals surface area contributed by atoms with Crippen LogP contribution in [0.5, 0.6) is 0 Å². The molecule has 1 aliphatic rings. The van der Waals surface area contributed by atoms with Crippen LogP contribution in [0.4, 0.5) is 0 Å². The summed E-state index contributed by atoms with van der Waals surface area (Å²) in [6.45, 7) is 1.76. The average Bonchev–Trinajstić information content (AvgIpc) is 2.98. The number of aromatic amines is 1. The van der Waals surface area contributed by atoms with Crippen LogP contribution >= 0.6 is 0 Å². The van der Waals surface area contributed by atoms with Crippen LogP contribution in [-0.4, -0.2) is 33.4 Å². The van der Waals surface area contributed by atoms with Crippen LogP contribution in [0.2, 0.25) is 0 Å². The van der Waals surface area contributed by atoms with E-state index in [1.807, 2.05) is 29.2 Å². The summed E-state index contributed by atoms with van der Waals surface area (Å²) in [4.78, 5) is 28.5. The average molecular weight is 245 g/mol. The second-order valence-corrected chi connectivity index (χ2v) is 4.62. The maximum atomic E-state index is 12.1. The van der Waals surface area contributed by atoms with E-state index in [2.05, 4.69) is 4.98 Å². The first-order chi connectivity index (χ1) is 8.75. The number of para-hydroxylation sites is 2. The Morgan fingerprint density at radius 2 is 1.94 bits per heavy atom. The van der Waals surface area contributed by atoms with Gasteiger partial charge in [0.2, 0.25) is 5.91 Å². The van der Waals surface area contributed by atoms with Crippen molar-refractivity contribution in [2.24, 2.45) is 0 Å². The second kappa shape index (κ2) is 4.33. The molecule has 0 bridgehead atoms. The fourth-order valence-electron chi connectivity index (χ4n) is 2.47. The number of carbonyl (C=O) groups excluding carboxylic acids is 1. The molecule has 0 atom stereocenters. The van der Waals surface area contributed by atoms with E-state index in [-0.39, 0.29) is 18.1 Å². The highest BCUT2D eigenvalue weighted by Gasteiger charge is 2.19. The molecular formula is C13H15N3O2. The Labute approximate surface area is 104 Å². The van der Waals surface area contributed by atoms with E-state index in [0.29, 0.717) is 0 Å². The molecule has 1 aromatic heterocycles. The van der Waals surface area contributed by atoms with Crippen LogP contribution < -0.4 is 5.69 Å². The van der Waals surface area contributed by atoms with E-state index in [4.69, 9.17) is 0 Å². The summed E-state index contributed by atoms with van der Waals surface area (Å²) in [5.41, 5.74) is 1.34. The summed E-state index contributed by atoms with van der Waals surface area (Å²) in [5.74, 6) is 0.0272. The number of amides is 1. The van der Waals surface area contributed by atoms with E-state index in [1.54, 1.807) is 0 Å². The normalized spacial score (nSPS) is 15.4. The lowest BCUT2D eigenvalue weighted by molar-refractivity contribution is -0.130. The molecule has 2 aromatic rings. The number of H-pyrrole nitrogens is 1. The molecule has 1 amide bonds. The molecule has 1 saturated heterocycles. The molecule has 0 saturated carbocycles. The van der Waals surface area contributed by atoms with Crippen LogP contribution in [0.25, 0.3) is 11.0 Å². The Bertz CT molecular complexity index is 635. The van der Waals surface area contributed by atoms with Crippen molar-refractivity contribution in [2.75, 3.05) is 13.1 Å². The van der Waals surface area contributed by atoms with Gasteiger partial charge >= 0.3 is 5.69 Å². The van der Waals surface area contributed by atoms with Crippen molar-refractivity contribution in [3.05, 3.63) is 34.7 Å². The molecule has 1 aromatic carbocycles. The van der Waals surface area contributed by atoms with Gasteiger partial charge < -0.3 is 9.88 Å². The van der Waals surface area contributed by atoms with Gasteiger partial charge in [-0.25, -0.2) is 4.79 Å². The highest BCUT2D eigenvalue weighted by atomic mass is 16.2. The second-order valence-electron chi connectivity index (χ2n) is 4.62. The van der Waals surface area contributed by atoms with E-state index >= 15 is 0 Å². The van der Waals surface area contributed by atoms with Crippen molar-refractivity contribution in [3.8, 4) is 0 Å². The zero-order valence-electron chi connectivity index (χ0n) is 10.1. The minimum Gasteiger partial charge on any atom is -0.341 e. The number of nitrogens with zero attached hydrogens (tertiary/aromatic N) is 2. The number of benzene rings is 1. The lowest BCUT2D eigenvalue weighted by Gasteiger charge is -2.15. The quantitative estimate of drug-likeness (QED) is 0.856. The Balaban J connectivity index is 1.92. The molecule has 2 heterocycles. The third-order valence-electron chi connectivity index (χ3n) is 3.43. The summed E-state index contributed by atoms with van der Waals surface area (Å²) in [6.07, 6.45) is 2.13. The molecule has 3 rings (SSSR count). The first kappa shape index (κ1) is 11.1. The van der Waals surface area contributed by atoms with Gasteiger partial charge in [-0.2, -0.15) is 0 Å². The fourth-order valence-corrected chi connectivity index (χ4v) is 2.47. The summed E-state index contributed by atoms with van der Waals surface area (Å²) in [6, 6.07) is 7.43. The van der Waals surface area contributed by atoms with Crippen molar-refractivity contribution in [2.45, 2.75) is 19.4 Å². The zero-order chi connectivity index (χ0) is 12.5. The molecule has 1 fully saturated rings. The molecule has 0 aliphatic carbocycles. The van der Waals surface area contributed by atoms with Crippen LogP contribution in [0.1, 0.15) is 12.8 Å². The van der Waals surface area contributed by atoms with Gasteiger partial charge in [0.15, 0.2) is 0 Å². The van der Waals surface area contributed by atoms with Crippen molar-refractivity contribution in [3.63, 3.8) is 0 Å². The molecule has 18 heavy (non-hydrogen) atoms. The van der Waals surface area contributed by atoms with Gasteiger partial charge in [-0.3, -0.25) is 9.36 Å². The van der Waals surface area contributed by atoms with Gasteiger partial charge in [0.05, 0.1) is 11.0 Å². The number of likely N-dealkylation sites (tertiary alicyclic amines) is 1. The molecule has 5 nitrogen and oxygen atoms in total. The largest absolute Gasteiger partial charge is 0.341 e. The van der Waals surface area contributed by atoms with Gasteiger partial charge in [-0.1, -0.05) is 12.1 Å². The van der Waals surface area contributed by atoms with Gasteiger partial charge in [0.1, 0.15) is 6.54 Å². The van der Waals surface area contributed by atoms with Gasteiger partial charge in [0, 0.05) is 13.1 Å². The molecule has 1 N–H and O–H groups in total. The summed E-state index contributed by atoms with van der Waals surface area (Å²) in [7, 11) is 0. The number of carbonyl (C=O) groups is 1. The highest BCUT2D eigenvalue weighted by molar-refractivity contribution is 5.80. The minimum absolute atomic E-state index is 0.0272. The summed E-state index contributed by atoms with van der Waals surface area (Å²) in [5, 5.41) is 0. The Morgan fingerprint density at radius 3 is 2.72 bits per heavy atom. The molecule has 5 heteroatoms. The maximum Gasteiger partial charge on any atom is 0.326 e. The number of aromatic nitrogens is 2. The van der Waals surface area contributed by atoms with Crippen LogP contribution in [0.3, 0.4) is 0 Å². The number of hydrogen-bond donors (Lipinski definition) is 1. The fraction of sp³-hybridized carbons (Fsp3) is 0.385. The van der Waals surface area contributed by atoms with Crippen LogP contribution in [0.15, 0.2) is 29.1 Å². The minimum atomic E-state index is -0.219. The molecular weight excluding hydrogens is 230 g/mol. The third kappa shape index (κ3) is 1.81. The molecule has 0 radical (unpaired) electrons. The monoisotopic (exact) mass is 245 g/mol. The van der Waals surface area contributed by atoms with E-state index in [9.17, 15) is 9.59 Å². The molecule has 0 unspecified atom stereocenters. The van der Waals surface area contributed by atoms with E-state index < -0.39 is 0 Å². The molecule has 94 valence electrons. The summed E-state index contributed by atoms with van der Waals surface area (Å²) < 4.78 is 1.51. The molecule has 0 spiro atoms. The predicted molar refractivity (Wildman–Crippen MR) is 68.4 cm³/mol. The number of imidazole rings is 1. The number of rotatable bonds is 2. The first-order valence-corrected chi connectivity index (χ1v) is 6.21. The van der Waals surface area contributed by atoms with Gasteiger partial charge in [-0.05, 0) is 25.0 Å². The number of nitrogens with one attached hydrogen (secondary N) is 1. The van der Waals surface area contributed by atoms with Gasteiger partial charge in [0.25, 0.3) is 0 Å². The Morgan fingerprint density at radius 1 is 1.22 bits per heavy atom.